The summed E-state index contributed by atoms with van der Waals surface area (Å²) >= 11 is 0. The Labute approximate surface area is 111 Å². The van der Waals surface area contributed by atoms with E-state index in [1.54, 1.807) is 0 Å². The van der Waals surface area contributed by atoms with E-state index in [4.69, 9.17) is 7.85 Å². The predicted octanol–water partition coefficient (Wildman–Crippen LogP) is 2.23. The highest BCUT2D eigenvalue weighted by Gasteiger charge is 2.39. The van der Waals surface area contributed by atoms with Crippen LogP contribution in [0.3, 0.4) is 0 Å². The molecule has 9 heteroatoms. The molecule has 108 valence electrons. The molecule has 0 fully saturated rings. The number of hydrogen-bond donors (Lipinski definition) is 0. The van der Waals surface area contributed by atoms with Crippen LogP contribution in [0.5, 0.6) is 0 Å². The van der Waals surface area contributed by atoms with Crippen LogP contribution in [0.4, 0.5) is 26.3 Å². The van der Waals surface area contributed by atoms with Gasteiger partial charge in [0, 0.05) is 0 Å². The van der Waals surface area contributed by atoms with E-state index in [1.165, 1.54) is 0 Å². The van der Waals surface area contributed by atoms with E-state index >= 15 is 0 Å². The van der Waals surface area contributed by atoms with E-state index < -0.39 is 46.9 Å². The Balaban J connectivity index is 3.47. The van der Waals surface area contributed by atoms with Crippen molar-refractivity contribution < 1.29 is 35.9 Å². The van der Waals surface area contributed by atoms with Crippen LogP contribution >= 0.6 is 0 Å². The zero-order valence-corrected chi connectivity index (χ0v) is 10.0. The molecule has 0 bridgehead atoms. The van der Waals surface area contributed by atoms with Crippen molar-refractivity contribution in [3.63, 3.8) is 0 Å². The van der Waals surface area contributed by atoms with Gasteiger partial charge in [-0.1, -0.05) is 11.5 Å². The highest BCUT2D eigenvalue weighted by Crippen LogP contribution is 2.36. The lowest BCUT2D eigenvalue weighted by atomic mass is 9.84. The van der Waals surface area contributed by atoms with Crippen LogP contribution in [0.25, 0.3) is 0 Å². The van der Waals surface area contributed by atoms with Gasteiger partial charge in [-0.25, -0.2) is 0 Å². The third-order valence-electron chi connectivity index (χ3n) is 2.47. The van der Waals surface area contributed by atoms with Gasteiger partial charge in [0.15, 0.2) is 0 Å². The zero-order chi connectivity index (χ0) is 15.7. The molecule has 0 spiro atoms. The molecule has 1 rings (SSSR count). The van der Waals surface area contributed by atoms with E-state index in [9.17, 15) is 31.1 Å². The molecule has 0 atom stereocenters. The van der Waals surface area contributed by atoms with Crippen LogP contribution in [0.1, 0.15) is 16.7 Å². The Hall–Kier alpha value is -1.67. The Morgan fingerprint density at radius 2 is 1.70 bits per heavy atom. The van der Waals surface area contributed by atoms with Gasteiger partial charge >= 0.3 is 18.3 Å². The van der Waals surface area contributed by atoms with Gasteiger partial charge in [-0.15, -0.1) is 0 Å². The molecule has 0 aliphatic carbocycles. The second kappa shape index (κ2) is 5.38. The first kappa shape index (κ1) is 16.4. The van der Waals surface area contributed by atoms with Crippen LogP contribution in [0.2, 0.25) is 0 Å². The highest BCUT2D eigenvalue weighted by molar-refractivity contribution is 6.33. The quantitative estimate of drug-likeness (QED) is 0.475. The molecular weight excluding hydrogens is 289 g/mol. The van der Waals surface area contributed by atoms with Crippen molar-refractivity contribution >= 4 is 19.3 Å². The number of methoxy groups -OCH3 is 1. The molecule has 0 unspecified atom stereocenters. The van der Waals surface area contributed by atoms with Gasteiger partial charge in [0.25, 0.3) is 0 Å². The summed E-state index contributed by atoms with van der Waals surface area (Å²) in [5.41, 5.74) is -4.64. The lowest BCUT2D eigenvalue weighted by Gasteiger charge is -2.18. The lowest BCUT2D eigenvalue weighted by Crippen LogP contribution is -2.25. The predicted molar refractivity (Wildman–Crippen MR) is 57.6 cm³/mol. The van der Waals surface area contributed by atoms with E-state index in [1.807, 2.05) is 0 Å². The maximum Gasteiger partial charge on any atom is 0.416 e. The largest absolute Gasteiger partial charge is 0.469 e. The Morgan fingerprint density at radius 1 is 1.15 bits per heavy atom. The van der Waals surface area contributed by atoms with E-state index in [0.29, 0.717) is 6.07 Å². The van der Waals surface area contributed by atoms with Crippen LogP contribution in [0.15, 0.2) is 12.1 Å². The number of hydrogen-bond acceptors (Lipinski definition) is 2. The Bertz CT molecular complexity index is 521. The second-order valence-electron chi connectivity index (χ2n) is 3.84. The van der Waals surface area contributed by atoms with Gasteiger partial charge in [0.2, 0.25) is 0 Å². The average Bonchev–Trinajstić information content (AvgIpc) is 2.28. The zero-order valence-electron chi connectivity index (χ0n) is 10.0. The number of esters is 1. The van der Waals surface area contributed by atoms with Crippen molar-refractivity contribution in [1.82, 2.24) is 0 Å². The summed E-state index contributed by atoms with van der Waals surface area (Å²) in [4.78, 5) is 11.0. The fraction of sp³-hybridized carbons (Fsp3) is 0.364. The minimum Gasteiger partial charge on any atom is -0.469 e. The normalized spacial score (nSPS) is 12.3. The summed E-state index contributed by atoms with van der Waals surface area (Å²) in [6.07, 6.45) is -10.9. The van der Waals surface area contributed by atoms with E-state index in [-0.39, 0.29) is 6.07 Å². The fourth-order valence-corrected chi connectivity index (χ4v) is 1.52. The number of carbonyl (C=O) groups excluding carboxylic acids is 1. The van der Waals surface area contributed by atoms with Gasteiger partial charge in [-0.05, 0) is 11.6 Å². The molecule has 1 aromatic carbocycles. The lowest BCUT2D eigenvalue weighted by molar-refractivity contribution is -0.143. The second-order valence-corrected chi connectivity index (χ2v) is 3.84. The third kappa shape index (κ3) is 3.67. The number of alkyl halides is 6. The topological polar surface area (TPSA) is 26.3 Å². The first-order valence-electron chi connectivity index (χ1n) is 5.10. The molecular formula is C11H7BF6O2. The number of rotatable bonds is 2. The molecule has 2 nitrogen and oxygen atoms in total. The van der Waals surface area contributed by atoms with Gasteiger partial charge in [0.05, 0.1) is 24.7 Å². The Kier molecular flexibility index (Phi) is 4.40. The van der Waals surface area contributed by atoms with E-state index in [2.05, 4.69) is 4.74 Å². The van der Waals surface area contributed by atoms with Crippen molar-refractivity contribution in [1.29, 1.82) is 0 Å². The SMILES string of the molecule is [B]c1cc(C(F)(F)F)cc(C(F)(F)F)c1CC(=O)OC. The monoisotopic (exact) mass is 296 g/mol. The first-order chi connectivity index (χ1) is 8.96. The van der Waals surface area contributed by atoms with Gasteiger partial charge in [0.1, 0.15) is 7.85 Å². The highest BCUT2D eigenvalue weighted by atomic mass is 19.4. The summed E-state index contributed by atoms with van der Waals surface area (Å²) in [6.45, 7) is 0. The summed E-state index contributed by atoms with van der Waals surface area (Å²) in [5.74, 6) is -1.04. The first-order valence-corrected chi connectivity index (χ1v) is 5.10. The number of ether oxygens (including phenoxy) is 1. The minimum atomic E-state index is -5.07. The fourth-order valence-electron chi connectivity index (χ4n) is 1.52. The van der Waals surface area contributed by atoms with Crippen molar-refractivity contribution in [3.8, 4) is 0 Å². The molecule has 1 aromatic rings. The molecule has 0 aliphatic rings. The third-order valence-corrected chi connectivity index (χ3v) is 2.47. The summed E-state index contributed by atoms with van der Waals surface area (Å²) in [6, 6.07) is 0.280. The van der Waals surface area contributed by atoms with Crippen LogP contribution in [-0.4, -0.2) is 20.9 Å². The van der Waals surface area contributed by atoms with Gasteiger partial charge in [-0.3, -0.25) is 4.79 Å². The summed E-state index contributed by atoms with van der Waals surface area (Å²) in [7, 11) is 6.15. The van der Waals surface area contributed by atoms with Gasteiger partial charge < -0.3 is 4.74 Å². The molecule has 0 amide bonds. The van der Waals surface area contributed by atoms with Crippen LogP contribution in [-0.2, 0) is 28.3 Å². The summed E-state index contributed by atoms with van der Waals surface area (Å²) < 4.78 is 80.0. The standard InChI is InChI=1S/C11H7BF6O2/c1-20-9(19)4-6-7(11(16,17)18)2-5(3-8(6)12)10(13,14)15/h2-3H,4H2,1H3. The maximum atomic E-state index is 12.8. The van der Waals surface area contributed by atoms with Crippen molar-refractivity contribution in [2.45, 2.75) is 18.8 Å². The number of benzene rings is 1. The number of carbonyl (C=O) groups is 1. The van der Waals surface area contributed by atoms with Crippen molar-refractivity contribution in [2.24, 2.45) is 0 Å². The molecule has 2 radical (unpaired) electrons. The van der Waals surface area contributed by atoms with Crippen LogP contribution < -0.4 is 5.46 Å². The molecule has 20 heavy (non-hydrogen) atoms. The van der Waals surface area contributed by atoms with Crippen molar-refractivity contribution in [3.05, 3.63) is 28.8 Å². The summed E-state index contributed by atoms with van der Waals surface area (Å²) in [5, 5.41) is 0. The molecule has 0 saturated heterocycles. The molecule has 0 heterocycles. The minimum absolute atomic E-state index is 0.0748. The molecule has 0 aliphatic heterocycles. The van der Waals surface area contributed by atoms with Crippen molar-refractivity contribution in [2.75, 3.05) is 7.11 Å². The number of halogens is 6. The molecule has 0 N–H and O–H groups in total. The molecule has 0 saturated carbocycles. The maximum absolute atomic E-state index is 12.8. The smallest absolute Gasteiger partial charge is 0.416 e. The van der Waals surface area contributed by atoms with E-state index in [0.717, 1.165) is 7.11 Å². The Morgan fingerprint density at radius 3 is 2.10 bits per heavy atom. The van der Waals surface area contributed by atoms with Gasteiger partial charge in [-0.2, -0.15) is 26.3 Å². The average molecular weight is 296 g/mol. The van der Waals surface area contributed by atoms with Crippen LogP contribution in [0, 0.1) is 0 Å². The molecule has 0 aromatic heterocycles.